The average molecular weight is 267 g/mol. The SMILES string of the molecule is CCC(CC(=O)O)NC(=O)c1cc(OC)ccc1O. The summed E-state index contributed by atoms with van der Waals surface area (Å²) in [7, 11) is 1.45. The van der Waals surface area contributed by atoms with Gasteiger partial charge in [-0.25, -0.2) is 0 Å². The highest BCUT2D eigenvalue weighted by molar-refractivity contribution is 5.97. The predicted molar refractivity (Wildman–Crippen MR) is 68.5 cm³/mol. The highest BCUT2D eigenvalue weighted by Gasteiger charge is 2.18. The van der Waals surface area contributed by atoms with Crippen LogP contribution in [0.4, 0.5) is 0 Å². The Labute approximate surface area is 111 Å². The Balaban J connectivity index is 2.84. The maximum Gasteiger partial charge on any atom is 0.305 e. The number of carbonyl (C=O) groups excluding carboxylic acids is 1. The minimum Gasteiger partial charge on any atom is -0.507 e. The first-order valence-corrected chi connectivity index (χ1v) is 5.87. The van der Waals surface area contributed by atoms with Crippen molar-refractivity contribution in [3.63, 3.8) is 0 Å². The number of phenols is 1. The number of benzene rings is 1. The molecule has 3 N–H and O–H groups in total. The minimum absolute atomic E-state index is 0.0585. The van der Waals surface area contributed by atoms with Crippen LogP contribution in [0, 0.1) is 0 Å². The van der Waals surface area contributed by atoms with Crippen LogP contribution < -0.4 is 10.1 Å². The Hall–Kier alpha value is -2.24. The van der Waals surface area contributed by atoms with Gasteiger partial charge in [0, 0.05) is 6.04 Å². The van der Waals surface area contributed by atoms with Gasteiger partial charge in [0.1, 0.15) is 11.5 Å². The third kappa shape index (κ3) is 4.17. The number of hydrogen-bond acceptors (Lipinski definition) is 4. The van der Waals surface area contributed by atoms with Gasteiger partial charge in [-0.2, -0.15) is 0 Å². The number of methoxy groups -OCH3 is 1. The summed E-state index contributed by atoms with van der Waals surface area (Å²) in [5.74, 6) is -1.25. The van der Waals surface area contributed by atoms with E-state index < -0.39 is 17.9 Å². The Morgan fingerprint density at radius 2 is 2.11 bits per heavy atom. The number of carbonyl (C=O) groups is 2. The van der Waals surface area contributed by atoms with E-state index in [0.29, 0.717) is 12.2 Å². The van der Waals surface area contributed by atoms with Crippen molar-refractivity contribution in [2.75, 3.05) is 7.11 Å². The summed E-state index contributed by atoms with van der Waals surface area (Å²) in [4.78, 5) is 22.6. The first kappa shape index (κ1) is 14.8. The standard InChI is InChI=1S/C13H17NO5/c1-3-8(6-12(16)17)14-13(18)10-7-9(19-2)4-5-11(10)15/h4-5,7-8,15H,3,6H2,1-2H3,(H,14,18)(H,16,17). The summed E-state index contributed by atoms with van der Waals surface area (Å²) < 4.78 is 4.97. The Kier molecular flexibility index (Phi) is 5.17. The number of aliphatic carboxylic acids is 1. The molecule has 0 radical (unpaired) electrons. The van der Waals surface area contributed by atoms with Crippen molar-refractivity contribution >= 4 is 11.9 Å². The molecule has 104 valence electrons. The van der Waals surface area contributed by atoms with Gasteiger partial charge in [0.2, 0.25) is 0 Å². The maximum atomic E-state index is 12.0. The summed E-state index contributed by atoms with van der Waals surface area (Å²) in [5, 5.41) is 20.9. The van der Waals surface area contributed by atoms with Crippen LogP contribution in [-0.2, 0) is 4.79 Å². The molecule has 0 saturated carbocycles. The first-order chi connectivity index (χ1) is 8.97. The van der Waals surface area contributed by atoms with E-state index in [-0.39, 0.29) is 17.7 Å². The van der Waals surface area contributed by atoms with Gasteiger partial charge in [0.05, 0.1) is 19.1 Å². The Morgan fingerprint density at radius 1 is 1.42 bits per heavy atom. The molecule has 1 atom stereocenters. The van der Waals surface area contributed by atoms with Crippen molar-refractivity contribution in [1.82, 2.24) is 5.32 Å². The van der Waals surface area contributed by atoms with Crippen LogP contribution in [0.3, 0.4) is 0 Å². The topological polar surface area (TPSA) is 95.9 Å². The Bertz CT molecular complexity index is 472. The number of hydrogen-bond donors (Lipinski definition) is 3. The van der Waals surface area contributed by atoms with Crippen molar-refractivity contribution in [3.05, 3.63) is 23.8 Å². The lowest BCUT2D eigenvalue weighted by Gasteiger charge is -2.15. The van der Waals surface area contributed by atoms with E-state index in [4.69, 9.17) is 9.84 Å². The molecule has 0 bridgehead atoms. The molecule has 0 fully saturated rings. The van der Waals surface area contributed by atoms with Crippen molar-refractivity contribution in [1.29, 1.82) is 0 Å². The fraction of sp³-hybridized carbons (Fsp3) is 0.385. The van der Waals surface area contributed by atoms with Gasteiger partial charge in [-0.3, -0.25) is 9.59 Å². The molecule has 0 aromatic heterocycles. The smallest absolute Gasteiger partial charge is 0.305 e. The quantitative estimate of drug-likeness (QED) is 0.723. The summed E-state index contributed by atoms with van der Waals surface area (Å²) in [6.45, 7) is 1.78. The molecule has 19 heavy (non-hydrogen) atoms. The Morgan fingerprint density at radius 3 is 2.63 bits per heavy atom. The van der Waals surface area contributed by atoms with Gasteiger partial charge in [-0.15, -0.1) is 0 Å². The highest BCUT2D eigenvalue weighted by atomic mass is 16.5. The van der Waals surface area contributed by atoms with Crippen LogP contribution >= 0.6 is 0 Å². The molecule has 0 heterocycles. The molecule has 1 aromatic rings. The molecule has 6 heteroatoms. The number of carboxylic acids is 1. The molecule has 1 unspecified atom stereocenters. The molecule has 6 nitrogen and oxygen atoms in total. The summed E-state index contributed by atoms with van der Waals surface area (Å²) in [6, 6.07) is 3.81. The van der Waals surface area contributed by atoms with Crippen molar-refractivity contribution in [2.24, 2.45) is 0 Å². The highest BCUT2D eigenvalue weighted by Crippen LogP contribution is 2.22. The molecule has 0 aliphatic carbocycles. The van der Waals surface area contributed by atoms with E-state index >= 15 is 0 Å². The van der Waals surface area contributed by atoms with Crippen molar-refractivity contribution in [2.45, 2.75) is 25.8 Å². The molecule has 1 rings (SSSR count). The zero-order valence-corrected chi connectivity index (χ0v) is 10.8. The van der Waals surface area contributed by atoms with Gasteiger partial charge < -0.3 is 20.3 Å². The van der Waals surface area contributed by atoms with Gasteiger partial charge in [-0.05, 0) is 24.6 Å². The lowest BCUT2D eigenvalue weighted by Crippen LogP contribution is -2.36. The monoisotopic (exact) mass is 267 g/mol. The molecule has 0 saturated heterocycles. The lowest BCUT2D eigenvalue weighted by atomic mass is 10.1. The normalized spacial score (nSPS) is 11.7. The van der Waals surface area contributed by atoms with Crippen LogP contribution in [-0.4, -0.2) is 35.2 Å². The zero-order chi connectivity index (χ0) is 14.4. The molecule has 1 amide bonds. The zero-order valence-electron chi connectivity index (χ0n) is 10.8. The van der Waals surface area contributed by atoms with Crippen LogP contribution in [0.15, 0.2) is 18.2 Å². The molecular weight excluding hydrogens is 250 g/mol. The maximum absolute atomic E-state index is 12.0. The fourth-order valence-corrected chi connectivity index (χ4v) is 1.60. The third-order valence-corrected chi connectivity index (χ3v) is 2.70. The number of carboxylic acid groups (broad SMARTS) is 1. The van der Waals surface area contributed by atoms with Gasteiger partial charge in [0.15, 0.2) is 0 Å². The van der Waals surface area contributed by atoms with Gasteiger partial charge in [0.25, 0.3) is 5.91 Å². The van der Waals surface area contributed by atoms with Crippen LogP contribution in [0.25, 0.3) is 0 Å². The average Bonchev–Trinajstić information content (AvgIpc) is 2.37. The van der Waals surface area contributed by atoms with E-state index in [1.165, 1.54) is 25.3 Å². The second-order valence-electron chi connectivity index (χ2n) is 4.06. The minimum atomic E-state index is -0.984. The van der Waals surface area contributed by atoms with E-state index in [1.54, 1.807) is 6.92 Å². The van der Waals surface area contributed by atoms with Crippen LogP contribution in [0.2, 0.25) is 0 Å². The largest absolute Gasteiger partial charge is 0.507 e. The van der Waals surface area contributed by atoms with Crippen molar-refractivity contribution in [3.8, 4) is 11.5 Å². The van der Waals surface area contributed by atoms with Gasteiger partial charge in [-0.1, -0.05) is 6.92 Å². The lowest BCUT2D eigenvalue weighted by molar-refractivity contribution is -0.137. The molecule has 1 aromatic carbocycles. The predicted octanol–water partition coefficient (Wildman–Crippen LogP) is 1.38. The van der Waals surface area contributed by atoms with E-state index in [9.17, 15) is 14.7 Å². The number of rotatable bonds is 6. The molecule has 0 aliphatic rings. The number of aromatic hydroxyl groups is 1. The molecule has 0 spiro atoms. The molecule has 0 aliphatic heterocycles. The second kappa shape index (κ2) is 6.63. The number of nitrogens with one attached hydrogen (secondary N) is 1. The summed E-state index contributed by atoms with van der Waals surface area (Å²) in [6.07, 6.45) is 0.329. The fourth-order valence-electron chi connectivity index (χ4n) is 1.60. The van der Waals surface area contributed by atoms with Crippen LogP contribution in [0.1, 0.15) is 30.1 Å². The number of phenolic OH excluding ortho intramolecular Hbond substituents is 1. The summed E-state index contributed by atoms with van der Waals surface area (Å²) in [5.41, 5.74) is 0.0585. The second-order valence-corrected chi connectivity index (χ2v) is 4.06. The first-order valence-electron chi connectivity index (χ1n) is 5.87. The van der Waals surface area contributed by atoms with Crippen LogP contribution in [0.5, 0.6) is 11.5 Å². The van der Waals surface area contributed by atoms with E-state index in [1.807, 2.05) is 0 Å². The molecular formula is C13H17NO5. The van der Waals surface area contributed by atoms with Gasteiger partial charge >= 0.3 is 5.97 Å². The number of amides is 1. The van der Waals surface area contributed by atoms with Crippen molar-refractivity contribution < 1.29 is 24.5 Å². The number of ether oxygens (including phenoxy) is 1. The van der Waals surface area contributed by atoms with E-state index in [2.05, 4.69) is 5.32 Å². The summed E-state index contributed by atoms with van der Waals surface area (Å²) >= 11 is 0. The van der Waals surface area contributed by atoms with E-state index in [0.717, 1.165) is 0 Å². The third-order valence-electron chi connectivity index (χ3n) is 2.70.